The number of benzene rings is 3. The molecule has 1 saturated heterocycles. The third kappa shape index (κ3) is 8.72. The molecule has 0 bridgehead atoms. The Kier molecular flexibility index (Phi) is 11.4. The van der Waals surface area contributed by atoms with Gasteiger partial charge in [-0.1, -0.05) is 73.7 Å². The van der Waals surface area contributed by atoms with E-state index in [-0.39, 0.29) is 55.9 Å². The van der Waals surface area contributed by atoms with E-state index in [1.165, 1.54) is 0 Å². The van der Waals surface area contributed by atoms with Gasteiger partial charge >= 0.3 is 5.97 Å². The van der Waals surface area contributed by atoms with Crippen molar-refractivity contribution in [1.82, 2.24) is 4.90 Å². The smallest absolute Gasteiger partial charge is 0.303 e. The number of hydrogen-bond donors (Lipinski definition) is 4. The topological polar surface area (TPSA) is 129 Å². The Hall–Kier alpha value is -3.60. The number of carbonyl (C=O) groups is 2. The van der Waals surface area contributed by atoms with E-state index in [9.17, 15) is 19.8 Å². The van der Waals surface area contributed by atoms with Crippen molar-refractivity contribution in [3.8, 4) is 0 Å². The van der Waals surface area contributed by atoms with Crippen LogP contribution >= 0.6 is 0 Å². The normalized spacial score (nSPS) is 21.7. The van der Waals surface area contributed by atoms with Gasteiger partial charge in [0.05, 0.1) is 24.9 Å². The summed E-state index contributed by atoms with van der Waals surface area (Å²) in [6.45, 7) is 4.62. The molecule has 1 fully saturated rings. The van der Waals surface area contributed by atoms with E-state index >= 15 is 0 Å². The van der Waals surface area contributed by atoms with E-state index in [0.29, 0.717) is 12.2 Å². The average Bonchev–Trinajstić information content (AvgIpc) is 3.02. The zero-order valence-electron chi connectivity index (χ0n) is 24.9. The fourth-order valence-electron chi connectivity index (χ4n) is 5.30. The number of amides is 1. The Morgan fingerprint density at radius 1 is 0.930 bits per heavy atom. The molecule has 1 aliphatic rings. The Morgan fingerprint density at radius 2 is 1.58 bits per heavy atom. The van der Waals surface area contributed by atoms with E-state index in [4.69, 9.17) is 14.6 Å². The van der Waals surface area contributed by atoms with Crippen LogP contribution < -0.4 is 5.32 Å². The summed E-state index contributed by atoms with van der Waals surface area (Å²) >= 11 is 0. The Labute approximate surface area is 253 Å². The lowest BCUT2D eigenvalue weighted by Crippen LogP contribution is -2.46. The van der Waals surface area contributed by atoms with Gasteiger partial charge in [-0.3, -0.25) is 14.5 Å². The number of likely N-dealkylation sites (N-methyl/N-ethyl adjacent to an activating group) is 1. The number of aliphatic hydroxyl groups is 2. The summed E-state index contributed by atoms with van der Waals surface area (Å²) in [5.74, 6) is -1.19. The first-order valence-electron chi connectivity index (χ1n) is 14.7. The first kappa shape index (κ1) is 32.3. The minimum absolute atomic E-state index is 0.0240. The summed E-state index contributed by atoms with van der Waals surface area (Å²) in [7, 11) is 1.98. The van der Waals surface area contributed by atoms with Crippen molar-refractivity contribution >= 4 is 17.6 Å². The van der Waals surface area contributed by atoms with Crippen LogP contribution in [0.15, 0.2) is 78.9 Å². The first-order chi connectivity index (χ1) is 20.7. The van der Waals surface area contributed by atoms with Gasteiger partial charge in [-0.25, -0.2) is 0 Å². The zero-order valence-corrected chi connectivity index (χ0v) is 24.9. The van der Waals surface area contributed by atoms with Crippen LogP contribution in [-0.4, -0.2) is 57.8 Å². The van der Waals surface area contributed by atoms with Gasteiger partial charge in [0.25, 0.3) is 0 Å². The molecule has 6 atom stereocenters. The number of nitrogens with zero attached hydrogens (tertiary/aromatic N) is 1. The van der Waals surface area contributed by atoms with Crippen LogP contribution in [0.1, 0.15) is 73.9 Å². The highest BCUT2D eigenvalue weighted by molar-refractivity contribution is 5.90. The minimum Gasteiger partial charge on any atom is -0.481 e. The Bertz CT molecular complexity index is 1320. The van der Waals surface area contributed by atoms with E-state index in [0.717, 1.165) is 22.3 Å². The largest absolute Gasteiger partial charge is 0.481 e. The van der Waals surface area contributed by atoms with Gasteiger partial charge in [-0.15, -0.1) is 0 Å². The minimum atomic E-state index is -0.923. The number of ether oxygens (including phenoxy) is 2. The molecule has 4 rings (SSSR count). The van der Waals surface area contributed by atoms with Crippen molar-refractivity contribution in [2.24, 2.45) is 5.92 Å². The quantitative estimate of drug-likeness (QED) is 0.213. The van der Waals surface area contributed by atoms with Crippen molar-refractivity contribution in [2.45, 2.75) is 70.4 Å². The van der Waals surface area contributed by atoms with Gasteiger partial charge in [-0.2, -0.15) is 0 Å². The predicted octanol–water partition coefficient (Wildman–Crippen LogP) is 5.22. The van der Waals surface area contributed by atoms with E-state index < -0.39 is 18.4 Å². The van der Waals surface area contributed by atoms with Crippen molar-refractivity contribution in [3.63, 3.8) is 0 Å². The van der Waals surface area contributed by atoms with E-state index in [1.807, 2.05) is 80.7 Å². The second kappa shape index (κ2) is 15.2. The lowest BCUT2D eigenvalue weighted by atomic mass is 9.89. The fourth-order valence-corrected chi connectivity index (χ4v) is 5.30. The SMILES string of the molecule is C[C@@H]1[C@H](CN(C)[C@H](C)[C@@H](O)c2ccccc2)O[C@H](c2ccc(NC(=O)CCCC(=O)O)cc2)O[C@@H]1c1ccc(CO)cc1. The Morgan fingerprint density at radius 3 is 2.21 bits per heavy atom. The first-order valence-corrected chi connectivity index (χ1v) is 14.7. The average molecular weight is 591 g/mol. The Balaban J connectivity index is 1.50. The summed E-state index contributed by atoms with van der Waals surface area (Å²) in [5.41, 5.74) is 4.05. The molecular formula is C34H42N2O7. The van der Waals surface area contributed by atoms with Crippen LogP contribution in [0.2, 0.25) is 0 Å². The predicted molar refractivity (Wildman–Crippen MR) is 163 cm³/mol. The number of carbonyl (C=O) groups excluding carboxylic acids is 1. The summed E-state index contributed by atoms with van der Waals surface area (Å²) in [6.07, 6.45) is -1.50. The molecule has 43 heavy (non-hydrogen) atoms. The summed E-state index contributed by atoms with van der Waals surface area (Å²) < 4.78 is 13.1. The zero-order chi connectivity index (χ0) is 30.9. The number of aliphatic carboxylic acids is 1. The van der Waals surface area contributed by atoms with Crippen LogP contribution in [0.5, 0.6) is 0 Å². The van der Waals surface area contributed by atoms with Crippen molar-refractivity contribution in [1.29, 1.82) is 0 Å². The third-order valence-electron chi connectivity index (χ3n) is 8.15. The molecule has 0 saturated carbocycles. The number of anilines is 1. The molecule has 0 aliphatic carbocycles. The number of hydrogen-bond acceptors (Lipinski definition) is 7. The summed E-state index contributed by atoms with van der Waals surface area (Å²) in [4.78, 5) is 25.0. The number of nitrogens with one attached hydrogen (secondary N) is 1. The van der Waals surface area contributed by atoms with Gasteiger partial charge in [0.15, 0.2) is 6.29 Å². The molecule has 230 valence electrons. The van der Waals surface area contributed by atoms with Crippen molar-refractivity contribution in [3.05, 3.63) is 101 Å². The fraction of sp³-hybridized carbons (Fsp3) is 0.412. The maximum atomic E-state index is 12.2. The molecule has 0 unspecified atom stereocenters. The van der Waals surface area contributed by atoms with Gasteiger partial charge in [0, 0.05) is 42.6 Å². The van der Waals surface area contributed by atoms with E-state index in [2.05, 4.69) is 17.1 Å². The summed E-state index contributed by atoms with van der Waals surface area (Å²) in [5, 5.41) is 32.2. The van der Waals surface area contributed by atoms with Gasteiger partial charge in [-0.05, 0) is 49.2 Å². The highest BCUT2D eigenvalue weighted by Gasteiger charge is 2.39. The van der Waals surface area contributed by atoms with Gasteiger partial charge in [0.1, 0.15) is 0 Å². The molecule has 1 aliphatic heterocycles. The monoisotopic (exact) mass is 590 g/mol. The lowest BCUT2D eigenvalue weighted by molar-refractivity contribution is -0.276. The molecule has 3 aromatic carbocycles. The second-order valence-corrected chi connectivity index (χ2v) is 11.3. The summed E-state index contributed by atoms with van der Waals surface area (Å²) in [6, 6.07) is 24.4. The van der Waals surface area contributed by atoms with E-state index in [1.54, 1.807) is 12.1 Å². The highest BCUT2D eigenvalue weighted by Crippen LogP contribution is 2.42. The highest BCUT2D eigenvalue weighted by atomic mass is 16.7. The number of carboxylic acids is 1. The third-order valence-corrected chi connectivity index (χ3v) is 8.15. The van der Waals surface area contributed by atoms with Gasteiger partial charge in [0.2, 0.25) is 5.91 Å². The van der Waals surface area contributed by atoms with Crippen LogP contribution in [0, 0.1) is 5.92 Å². The van der Waals surface area contributed by atoms with Crippen LogP contribution in [0.25, 0.3) is 0 Å². The van der Waals surface area contributed by atoms with Gasteiger partial charge < -0.3 is 30.1 Å². The maximum absolute atomic E-state index is 12.2. The second-order valence-electron chi connectivity index (χ2n) is 11.3. The standard InChI is InChI=1S/C34H42N2O7/c1-22-29(20-36(3)23(2)32(41)25-8-5-4-6-9-25)42-34(43-33(22)26-14-12-24(21-37)13-15-26)27-16-18-28(19-17-27)35-30(38)10-7-11-31(39)40/h4-6,8-9,12-19,22-23,29,32-34,37,41H,7,10-11,20-21H2,1-3H3,(H,35,38)(H,39,40)/t22-,23-,29+,32-,33+,34+/m1/s1. The number of carboxylic acid groups (broad SMARTS) is 1. The molecule has 1 amide bonds. The van der Waals surface area contributed by atoms with Crippen molar-refractivity contribution in [2.75, 3.05) is 18.9 Å². The molecule has 0 spiro atoms. The van der Waals surface area contributed by atoms with Crippen LogP contribution in [-0.2, 0) is 25.7 Å². The molecule has 3 aromatic rings. The molecule has 1 heterocycles. The molecule has 0 aromatic heterocycles. The number of rotatable bonds is 13. The van der Waals surface area contributed by atoms with Crippen molar-refractivity contribution < 1.29 is 34.4 Å². The molecular weight excluding hydrogens is 548 g/mol. The molecule has 9 nitrogen and oxygen atoms in total. The molecule has 0 radical (unpaired) electrons. The number of aliphatic hydroxyl groups excluding tert-OH is 2. The lowest BCUT2D eigenvalue weighted by Gasteiger charge is -2.43. The molecule has 9 heteroatoms. The maximum Gasteiger partial charge on any atom is 0.303 e. The van der Waals surface area contributed by atoms with Crippen LogP contribution in [0.3, 0.4) is 0 Å². The molecule has 4 N–H and O–H groups in total. The van der Waals surface area contributed by atoms with Crippen LogP contribution in [0.4, 0.5) is 5.69 Å².